The zero-order chi connectivity index (χ0) is 20.4. The molecule has 2 rings (SSSR count). The van der Waals surface area contributed by atoms with E-state index in [1.807, 2.05) is 0 Å². The third-order valence-electron chi connectivity index (χ3n) is 3.93. The number of Topliss-reactive ketones (excluding diaryl/α,β-unsaturated/α-hetero) is 1. The smallest absolute Gasteiger partial charge is 0.406 e. The van der Waals surface area contributed by atoms with Crippen molar-refractivity contribution < 1.29 is 32.4 Å². The van der Waals surface area contributed by atoms with Gasteiger partial charge in [0.2, 0.25) is 5.78 Å². The summed E-state index contributed by atoms with van der Waals surface area (Å²) in [6.45, 7) is 1.11. The molecule has 0 radical (unpaired) electrons. The maximum atomic E-state index is 12.7. The molecule has 0 unspecified atom stereocenters. The Balaban J connectivity index is 2.20. The predicted molar refractivity (Wildman–Crippen MR) is 89.4 cm³/mol. The van der Waals surface area contributed by atoms with Crippen LogP contribution >= 0.6 is 0 Å². The summed E-state index contributed by atoms with van der Waals surface area (Å²) in [5.74, 6) is -0.476. The van der Waals surface area contributed by atoms with E-state index in [0.717, 1.165) is 10.6 Å². The third kappa shape index (κ3) is 4.78. The van der Waals surface area contributed by atoms with Crippen molar-refractivity contribution in [1.29, 1.82) is 0 Å². The molecule has 0 fully saturated rings. The molecule has 0 atom stereocenters. The van der Waals surface area contributed by atoms with Crippen molar-refractivity contribution in [2.45, 2.75) is 26.6 Å². The minimum absolute atomic E-state index is 0.0768. The summed E-state index contributed by atoms with van der Waals surface area (Å²) in [7, 11) is 1.35. The lowest BCUT2D eigenvalue weighted by molar-refractivity contribution is -0.385. The minimum Gasteiger partial charge on any atom is -0.496 e. The molecule has 146 valence electrons. The van der Waals surface area contributed by atoms with Crippen molar-refractivity contribution in [3.63, 3.8) is 0 Å². The van der Waals surface area contributed by atoms with Crippen LogP contribution in [0, 0.1) is 24.0 Å². The molecule has 0 saturated carbocycles. The van der Waals surface area contributed by atoms with Crippen molar-refractivity contribution in [2.75, 3.05) is 13.7 Å². The van der Waals surface area contributed by atoms with Gasteiger partial charge in [0.25, 0.3) is 0 Å². The number of hydrogen-bond acceptors (Lipinski definition) is 5. The number of carbonyl (C=O) groups is 1. The number of benzene rings is 1. The lowest BCUT2D eigenvalue weighted by Gasteiger charge is -2.12. The van der Waals surface area contributed by atoms with E-state index in [0.29, 0.717) is 0 Å². The molecule has 0 N–H and O–H groups in total. The second kappa shape index (κ2) is 7.68. The second-order valence-electron chi connectivity index (χ2n) is 5.79. The van der Waals surface area contributed by atoms with Crippen LogP contribution in [0.25, 0.3) is 0 Å². The number of ether oxygens (including phenoxy) is 2. The van der Waals surface area contributed by atoms with Crippen molar-refractivity contribution in [1.82, 2.24) is 4.57 Å². The van der Waals surface area contributed by atoms with Gasteiger partial charge < -0.3 is 14.0 Å². The van der Waals surface area contributed by atoms with E-state index < -0.39 is 30.0 Å². The number of ketones is 1. The van der Waals surface area contributed by atoms with E-state index in [9.17, 15) is 28.1 Å². The van der Waals surface area contributed by atoms with Crippen molar-refractivity contribution in [3.8, 4) is 11.5 Å². The third-order valence-corrected chi connectivity index (χ3v) is 3.93. The lowest BCUT2D eigenvalue weighted by atomic mass is 10.1. The number of aryl methyl sites for hydroxylation is 1. The summed E-state index contributed by atoms with van der Waals surface area (Å²) >= 11 is 0. The molecule has 0 spiro atoms. The lowest BCUT2D eigenvalue weighted by Crippen LogP contribution is -2.20. The normalized spacial score (nSPS) is 11.3. The van der Waals surface area contributed by atoms with Crippen LogP contribution in [0.3, 0.4) is 0 Å². The molecule has 0 saturated heterocycles. The summed E-state index contributed by atoms with van der Waals surface area (Å²) in [6, 6.07) is 5.21. The fraction of sp³-hybridized carbons (Fsp3) is 0.353. The van der Waals surface area contributed by atoms with Crippen LogP contribution in [-0.2, 0) is 6.54 Å². The molecule has 0 aliphatic carbocycles. The number of aromatic nitrogens is 1. The molecular formula is C17H17F3N2O5. The zero-order valence-corrected chi connectivity index (χ0v) is 14.8. The number of hydrogen-bond donors (Lipinski definition) is 0. The first kappa shape index (κ1) is 20.3. The van der Waals surface area contributed by atoms with Gasteiger partial charge in [-0.2, -0.15) is 13.2 Å². The van der Waals surface area contributed by atoms with Gasteiger partial charge in [0.15, 0.2) is 12.4 Å². The number of methoxy groups -OCH3 is 1. The Kier molecular flexibility index (Phi) is 5.77. The monoisotopic (exact) mass is 386 g/mol. The first-order valence-corrected chi connectivity index (χ1v) is 7.75. The van der Waals surface area contributed by atoms with Gasteiger partial charge in [-0.3, -0.25) is 14.9 Å². The van der Waals surface area contributed by atoms with Crippen LogP contribution in [0.4, 0.5) is 18.9 Å². The van der Waals surface area contributed by atoms with Gasteiger partial charge in [0.1, 0.15) is 12.3 Å². The molecule has 0 aliphatic heterocycles. The van der Waals surface area contributed by atoms with Crippen LogP contribution in [0.1, 0.15) is 21.7 Å². The van der Waals surface area contributed by atoms with E-state index in [1.165, 1.54) is 39.2 Å². The highest BCUT2D eigenvalue weighted by Crippen LogP contribution is 2.31. The van der Waals surface area contributed by atoms with Crippen LogP contribution in [0.2, 0.25) is 0 Å². The van der Waals surface area contributed by atoms with E-state index >= 15 is 0 Å². The van der Waals surface area contributed by atoms with E-state index in [1.54, 1.807) is 0 Å². The van der Waals surface area contributed by atoms with Gasteiger partial charge in [-0.1, -0.05) is 0 Å². The number of rotatable bonds is 7. The number of carbonyl (C=O) groups excluding carboxylic acids is 1. The molecular weight excluding hydrogens is 369 g/mol. The summed E-state index contributed by atoms with van der Waals surface area (Å²) in [5, 5.41) is 11.1. The zero-order valence-electron chi connectivity index (χ0n) is 14.8. The molecule has 7 nitrogen and oxygen atoms in total. The highest BCUT2D eigenvalue weighted by molar-refractivity contribution is 5.98. The maximum Gasteiger partial charge on any atom is 0.406 e. The molecule has 0 aliphatic rings. The van der Waals surface area contributed by atoms with Gasteiger partial charge in [-0.15, -0.1) is 0 Å². The van der Waals surface area contributed by atoms with Crippen molar-refractivity contribution in [3.05, 3.63) is 51.3 Å². The largest absolute Gasteiger partial charge is 0.496 e. The fourth-order valence-corrected chi connectivity index (χ4v) is 2.62. The fourth-order valence-electron chi connectivity index (χ4n) is 2.62. The minimum atomic E-state index is -4.42. The number of nitro benzene ring substituents is 1. The quantitative estimate of drug-likeness (QED) is 0.410. The molecule has 1 aromatic carbocycles. The number of nitrogens with zero attached hydrogens (tertiary/aromatic N) is 2. The van der Waals surface area contributed by atoms with Gasteiger partial charge >= 0.3 is 11.9 Å². The Bertz CT molecular complexity index is 874. The van der Waals surface area contributed by atoms with Gasteiger partial charge in [-0.25, -0.2) is 0 Å². The Labute approximate surface area is 152 Å². The molecule has 0 amide bonds. The van der Waals surface area contributed by atoms with Gasteiger partial charge in [0, 0.05) is 17.0 Å². The first-order valence-electron chi connectivity index (χ1n) is 7.75. The molecule has 0 bridgehead atoms. The Morgan fingerprint density at radius 3 is 2.48 bits per heavy atom. The van der Waals surface area contributed by atoms with Crippen LogP contribution in [-0.4, -0.2) is 35.2 Å². The van der Waals surface area contributed by atoms with Crippen LogP contribution < -0.4 is 9.47 Å². The van der Waals surface area contributed by atoms with Crippen LogP contribution in [0.5, 0.6) is 11.5 Å². The maximum absolute atomic E-state index is 12.7. The highest BCUT2D eigenvalue weighted by Gasteiger charge is 2.30. The molecule has 10 heteroatoms. The van der Waals surface area contributed by atoms with E-state index in [-0.39, 0.29) is 34.1 Å². The van der Waals surface area contributed by atoms with Crippen molar-refractivity contribution >= 4 is 11.5 Å². The molecule has 1 heterocycles. The topological polar surface area (TPSA) is 83.6 Å². The van der Waals surface area contributed by atoms with Gasteiger partial charge in [-0.05, 0) is 32.0 Å². The van der Waals surface area contributed by atoms with Crippen molar-refractivity contribution in [2.24, 2.45) is 0 Å². The highest BCUT2D eigenvalue weighted by atomic mass is 19.4. The summed E-state index contributed by atoms with van der Waals surface area (Å²) in [6.07, 6.45) is -4.42. The first-order chi connectivity index (χ1) is 12.5. The van der Waals surface area contributed by atoms with E-state index in [4.69, 9.17) is 9.47 Å². The number of nitro groups is 1. The Morgan fingerprint density at radius 2 is 1.93 bits per heavy atom. The van der Waals surface area contributed by atoms with Crippen LogP contribution in [0.15, 0.2) is 24.3 Å². The summed E-state index contributed by atoms with van der Waals surface area (Å²) in [4.78, 5) is 22.8. The summed E-state index contributed by atoms with van der Waals surface area (Å²) in [5.41, 5.74) is 0.129. The van der Waals surface area contributed by atoms with E-state index in [2.05, 4.69) is 0 Å². The Morgan fingerprint density at radius 1 is 1.26 bits per heavy atom. The average molecular weight is 386 g/mol. The average Bonchev–Trinajstić information content (AvgIpc) is 2.86. The number of alkyl halides is 3. The molecule has 2 aromatic rings. The SMILES string of the molecule is COc1ccc(OCC(=O)c2cc(C)n(CC(F)(F)F)c2C)c([N+](=O)[O-])c1. The molecule has 1 aromatic heterocycles. The number of halogens is 3. The second-order valence-corrected chi connectivity index (χ2v) is 5.79. The Hall–Kier alpha value is -3.04. The molecule has 27 heavy (non-hydrogen) atoms. The van der Waals surface area contributed by atoms with Gasteiger partial charge in [0.05, 0.1) is 18.1 Å². The predicted octanol–water partition coefficient (Wildman–Crippen LogP) is 3.85. The summed E-state index contributed by atoms with van der Waals surface area (Å²) < 4.78 is 49.1. The standard InChI is InChI=1S/C17H17F3N2O5/c1-10-6-13(11(2)21(10)9-17(18,19)20)15(23)8-27-16-5-4-12(26-3)7-14(16)22(24)25/h4-7H,8-9H2,1-3H3.